The van der Waals surface area contributed by atoms with E-state index in [4.69, 9.17) is 10.5 Å². The van der Waals surface area contributed by atoms with Crippen LogP contribution in [-0.2, 0) is 4.74 Å². The van der Waals surface area contributed by atoms with Crippen molar-refractivity contribution >= 4 is 17.2 Å². The lowest BCUT2D eigenvalue weighted by molar-refractivity contribution is -0.0299. The second-order valence-electron chi connectivity index (χ2n) is 4.74. The van der Waals surface area contributed by atoms with Gasteiger partial charge in [0.1, 0.15) is 0 Å². The van der Waals surface area contributed by atoms with Gasteiger partial charge in [0.15, 0.2) is 0 Å². The van der Waals surface area contributed by atoms with E-state index in [1.807, 2.05) is 26.8 Å². The average Bonchev–Trinajstić information content (AvgIpc) is 2.66. The van der Waals surface area contributed by atoms with Crippen LogP contribution >= 0.6 is 11.3 Å². The number of nitrogens with one attached hydrogen (secondary N) is 1. The van der Waals surface area contributed by atoms with E-state index >= 15 is 0 Å². The van der Waals surface area contributed by atoms with Crippen molar-refractivity contribution in [3.63, 3.8) is 0 Å². The fourth-order valence-corrected chi connectivity index (χ4v) is 3.07. The number of carbonyl (C=O) groups is 1. The predicted molar refractivity (Wildman–Crippen MR) is 73.1 cm³/mol. The number of thiophene rings is 1. The molecule has 0 saturated heterocycles. The van der Waals surface area contributed by atoms with Gasteiger partial charge in [-0.15, -0.1) is 11.3 Å². The lowest BCUT2D eigenvalue weighted by Crippen LogP contribution is -2.64. The number of ether oxygens (including phenoxy) is 1. The lowest BCUT2D eigenvalue weighted by atomic mass is 9.83. The number of carbonyl (C=O) groups excluding carboxylic acids is 1. The van der Waals surface area contributed by atoms with Crippen molar-refractivity contribution in [3.8, 4) is 0 Å². The van der Waals surface area contributed by atoms with Crippen LogP contribution in [0.25, 0.3) is 0 Å². The Morgan fingerprint density at radius 2 is 2.33 bits per heavy atom. The van der Waals surface area contributed by atoms with E-state index in [0.717, 1.165) is 16.9 Å². The molecule has 0 radical (unpaired) electrons. The molecule has 1 aromatic rings. The Morgan fingerprint density at radius 1 is 1.61 bits per heavy atom. The number of amides is 1. The molecule has 1 heterocycles. The summed E-state index contributed by atoms with van der Waals surface area (Å²) in [5.41, 5.74) is 7.07. The zero-order chi connectivity index (χ0) is 13.3. The Morgan fingerprint density at radius 3 is 2.83 bits per heavy atom. The van der Waals surface area contributed by atoms with Crippen LogP contribution < -0.4 is 11.1 Å². The molecule has 5 heteroatoms. The SMILES string of the molecule is CCOC1CC(N)C1NC(=O)c1cc(C)c(C)s1. The molecule has 0 aromatic carbocycles. The van der Waals surface area contributed by atoms with Gasteiger partial charge in [0.05, 0.1) is 17.0 Å². The quantitative estimate of drug-likeness (QED) is 0.872. The van der Waals surface area contributed by atoms with Crippen molar-refractivity contribution in [2.75, 3.05) is 6.61 Å². The van der Waals surface area contributed by atoms with Crippen molar-refractivity contribution < 1.29 is 9.53 Å². The highest BCUT2D eigenvalue weighted by Crippen LogP contribution is 2.25. The maximum Gasteiger partial charge on any atom is 0.261 e. The first-order chi connectivity index (χ1) is 8.52. The van der Waals surface area contributed by atoms with Crippen LogP contribution in [0.2, 0.25) is 0 Å². The maximum atomic E-state index is 12.1. The number of hydrogen-bond acceptors (Lipinski definition) is 4. The van der Waals surface area contributed by atoms with E-state index in [0.29, 0.717) is 6.61 Å². The Labute approximate surface area is 112 Å². The smallest absolute Gasteiger partial charge is 0.261 e. The molecular formula is C13H20N2O2S. The van der Waals surface area contributed by atoms with Crippen LogP contribution in [0.15, 0.2) is 6.07 Å². The minimum Gasteiger partial charge on any atom is -0.376 e. The van der Waals surface area contributed by atoms with Crippen LogP contribution in [0, 0.1) is 13.8 Å². The first kappa shape index (κ1) is 13.5. The predicted octanol–water partition coefficient (Wildman–Crippen LogP) is 1.60. The van der Waals surface area contributed by atoms with Gasteiger partial charge < -0.3 is 15.8 Å². The first-order valence-electron chi connectivity index (χ1n) is 6.28. The Hall–Kier alpha value is -0.910. The van der Waals surface area contributed by atoms with Crippen LogP contribution in [-0.4, -0.2) is 30.7 Å². The van der Waals surface area contributed by atoms with Gasteiger partial charge in [0, 0.05) is 17.5 Å². The largest absolute Gasteiger partial charge is 0.376 e. The number of rotatable bonds is 4. The van der Waals surface area contributed by atoms with Gasteiger partial charge in [-0.2, -0.15) is 0 Å². The number of nitrogens with two attached hydrogens (primary N) is 1. The summed E-state index contributed by atoms with van der Waals surface area (Å²) in [7, 11) is 0. The fourth-order valence-electron chi connectivity index (χ4n) is 2.13. The molecule has 1 aliphatic rings. The molecular weight excluding hydrogens is 248 g/mol. The summed E-state index contributed by atoms with van der Waals surface area (Å²) in [5, 5.41) is 2.98. The van der Waals surface area contributed by atoms with E-state index in [2.05, 4.69) is 5.32 Å². The molecule has 3 atom stereocenters. The zero-order valence-corrected chi connectivity index (χ0v) is 11.8. The summed E-state index contributed by atoms with van der Waals surface area (Å²) in [4.78, 5) is 14.0. The molecule has 100 valence electrons. The third-order valence-corrected chi connectivity index (χ3v) is 4.59. The van der Waals surface area contributed by atoms with Gasteiger partial charge in [-0.05, 0) is 38.8 Å². The minimum absolute atomic E-state index is 0.00709. The van der Waals surface area contributed by atoms with Gasteiger partial charge >= 0.3 is 0 Å². The monoisotopic (exact) mass is 268 g/mol. The third kappa shape index (κ3) is 2.58. The van der Waals surface area contributed by atoms with Crippen molar-refractivity contribution in [2.24, 2.45) is 5.73 Å². The van der Waals surface area contributed by atoms with Crippen molar-refractivity contribution in [1.29, 1.82) is 0 Å². The molecule has 3 N–H and O–H groups in total. The number of aryl methyl sites for hydroxylation is 2. The van der Waals surface area contributed by atoms with Gasteiger partial charge in [-0.1, -0.05) is 0 Å². The zero-order valence-electron chi connectivity index (χ0n) is 11.0. The average molecular weight is 268 g/mol. The summed E-state index contributed by atoms with van der Waals surface area (Å²) >= 11 is 1.52. The van der Waals surface area contributed by atoms with Crippen LogP contribution in [0.1, 0.15) is 33.5 Å². The normalized spacial score (nSPS) is 26.8. The van der Waals surface area contributed by atoms with E-state index < -0.39 is 0 Å². The molecule has 4 nitrogen and oxygen atoms in total. The van der Waals surface area contributed by atoms with E-state index in [-0.39, 0.29) is 24.1 Å². The van der Waals surface area contributed by atoms with E-state index in [1.54, 1.807) is 0 Å². The van der Waals surface area contributed by atoms with E-state index in [1.165, 1.54) is 16.2 Å². The molecule has 1 fully saturated rings. The Kier molecular flexibility index (Phi) is 4.04. The van der Waals surface area contributed by atoms with Gasteiger partial charge in [-0.25, -0.2) is 0 Å². The number of hydrogen-bond donors (Lipinski definition) is 2. The minimum atomic E-state index is -0.0554. The molecule has 0 bridgehead atoms. The van der Waals surface area contributed by atoms with Crippen LogP contribution in [0.4, 0.5) is 0 Å². The summed E-state index contributed by atoms with van der Waals surface area (Å²) < 4.78 is 5.54. The molecule has 1 amide bonds. The summed E-state index contributed by atoms with van der Waals surface area (Å²) in [6.45, 7) is 6.64. The summed E-state index contributed by atoms with van der Waals surface area (Å²) in [6, 6.07) is 1.88. The standard InChI is InChI=1S/C13H20N2O2S/c1-4-17-10-6-9(14)12(10)15-13(16)11-5-7(2)8(3)18-11/h5,9-10,12H,4,6,14H2,1-3H3,(H,15,16). The molecule has 1 aromatic heterocycles. The highest BCUT2D eigenvalue weighted by molar-refractivity contribution is 7.14. The van der Waals surface area contributed by atoms with Crippen molar-refractivity contribution in [2.45, 2.75) is 45.4 Å². The first-order valence-corrected chi connectivity index (χ1v) is 7.09. The molecule has 18 heavy (non-hydrogen) atoms. The van der Waals surface area contributed by atoms with Crippen LogP contribution in [0.5, 0.6) is 0 Å². The van der Waals surface area contributed by atoms with Gasteiger partial charge in [0.2, 0.25) is 0 Å². The fraction of sp³-hybridized carbons (Fsp3) is 0.615. The summed E-state index contributed by atoms with van der Waals surface area (Å²) in [6.07, 6.45) is 0.887. The van der Waals surface area contributed by atoms with Crippen molar-refractivity contribution in [3.05, 3.63) is 21.4 Å². The molecule has 0 spiro atoms. The third-order valence-electron chi connectivity index (χ3n) is 3.43. The molecule has 2 rings (SSSR count). The highest BCUT2D eigenvalue weighted by atomic mass is 32.1. The van der Waals surface area contributed by atoms with Gasteiger partial charge in [0.25, 0.3) is 5.91 Å². The Balaban J connectivity index is 1.98. The van der Waals surface area contributed by atoms with E-state index in [9.17, 15) is 4.79 Å². The molecule has 1 saturated carbocycles. The highest BCUT2D eigenvalue weighted by Gasteiger charge is 2.40. The molecule has 0 aliphatic heterocycles. The topological polar surface area (TPSA) is 64.3 Å². The second-order valence-corrected chi connectivity index (χ2v) is 6.00. The molecule has 1 aliphatic carbocycles. The lowest BCUT2D eigenvalue weighted by Gasteiger charge is -2.42. The molecule has 3 unspecified atom stereocenters. The van der Waals surface area contributed by atoms with Gasteiger partial charge in [-0.3, -0.25) is 4.79 Å². The second kappa shape index (κ2) is 5.38. The maximum absolute atomic E-state index is 12.1. The van der Waals surface area contributed by atoms with Crippen LogP contribution in [0.3, 0.4) is 0 Å². The summed E-state index contributed by atoms with van der Waals surface area (Å²) in [5.74, 6) is -0.0407. The van der Waals surface area contributed by atoms with Crippen molar-refractivity contribution in [1.82, 2.24) is 5.32 Å². The Bertz CT molecular complexity index is 423.